The minimum atomic E-state index is -1.17. The van der Waals surface area contributed by atoms with Crippen molar-refractivity contribution in [3.8, 4) is 0 Å². The number of piperidine rings is 1. The Morgan fingerprint density at radius 3 is 2.20 bits per heavy atom. The summed E-state index contributed by atoms with van der Waals surface area (Å²) in [4.78, 5) is 97.5. The Morgan fingerprint density at radius 2 is 1.57 bits per heavy atom. The molecule has 1 aromatic carbocycles. The van der Waals surface area contributed by atoms with Crippen LogP contribution in [-0.2, 0) is 33.5 Å². The molecule has 2 bridgehead atoms. The molecule has 0 aromatic heterocycles. The summed E-state index contributed by atoms with van der Waals surface area (Å²) in [6.07, 6.45) is 6.85. The third kappa shape index (κ3) is 9.59. The zero-order valence-corrected chi connectivity index (χ0v) is 32.5. The highest BCUT2D eigenvalue weighted by molar-refractivity contribution is 6.38. The number of likely N-dealkylation sites (tertiary alicyclic amines) is 1. The van der Waals surface area contributed by atoms with Crippen LogP contribution in [0.3, 0.4) is 0 Å². The van der Waals surface area contributed by atoms with Crippen molar-refractivity contribution in [1.82, 2.24) is 31.1 Å². The molecule has 0 radical (unpaired) electrons. The highest BCUT2D eigenvalue weighted by Crippen LogP contribution is 2.63. The van der Waals surface area contributed by atoms with E-state index >= 15 is 0 Å². The number of ether oxygens (including phenoxy) is 1. The molecule has 1 saturated heterocycles. The number of rotatable bonds is 15. The van der Waals surface area contributed by atoms with Crippen LogP contribution in [0.2, 0.25) is 0 Å². The van der Waals surface area contributed by atoms with Gasteiger partial charge in [0.05, 0.1) is 12.6 Å². The number of unbranched alkanes of at least 4 members (excludes halogenated alkanes) is 1. The highest BCUT2D eigenvalue weighted by atomic mass is 16.6. The Morgan fingerprint density at radius 1 is 0.889 bits per heavy atom. The molecule has 3 saturated carbocycles. The zero-order valence-electron chi connectivity index (χ0n) is 32.5. The van der Waals surface area contributed by atoms with Crippen molar-refractivity contribution < 1.29 is 38.3 Å². The summed E-state index contributed by atoms with van der Waals surface area (Å²) in [5, 5.41) is 10.7. The van der Waals surface area contributed by atoms with Crippen LogP contribution in [-0.4, -0.2) is 102 Å². The summed E-state index contributed by atoms with van der Waals surface area (Å²) < 4.78 is 5.55. The Bertz CT molecular complexity index is 1570. The molecule has 54 heavy (non-hydrogen) atoms. The second-order valence-electron chi connectivity index (χ2n) is 16.6. The number of ketones is 1. The van der Waals surface area contributed by atoms with E-state index in [2.05, 4.69) is 21.3 Å². The average molecular weight is 751 g/mol. The standard InChI is InChI=1S/C40H58N6O8/c1-7-8-19-28(34(48)36(50)41-22-30(47)43-31(37(51)45(5)6)23-15-11-9-12-16-23)42-35(49)33-27-21-29(26-20-25(26)27)46(33)38(52)32(24-17-13-10-14-18-24)44-39(53)54-40(2,3)4/h9,11-12,15-16,24-29,31-33H,7-8,10,13-14,17-22H2,1-6H3,(H,41,50)(H,42,49)(H,43,47)(H,44,53). The molecule has 14 heteroatoms. The number of carbonyl (C=O) groups excluding carboxylic acids is 7. The van der Waals surface area contributed by atoms with E-state index in [0.717, 1.165) is 38.5 Å². The lowest BCUT2D eigenvalue weighted by Crippen LogP contribution is -2.62. The lowest BCUT2D eigenvalue weighted by atomic mass is 9.83. The van der Waals surface area contributed by atoms with Crippen molar-refractivity contribution in [2.75, 3.05) is 20.6 Å². The summed E-state index contributed by atoms with van der Waals surface area (Å²) >= 11 is 0. The second-order valence-corrected chi connectivity index (χ2v) is 16.6. The highest BCUT2D eigenvalue weighted by Gasteiger charge is 2.68. The molecule has 1 aromatic rings. The van der Waals surface area contributed by atoms with E-state index in [-0.39, 0.29) is 36.1 Å². The molecular weight excluding hydrogens is 692 g/mol. The van der Waals surface area contributed by atoms with Gasteiger partial charge in [-0.2, -0.15) is 0 Å². The number of nitrogens with one attached hydrogen (secondary N) is 4. The first-order valence-electron chi connectivity index (χ1n) is 19.6. The number of likely N-dealkylation sites (N-methyl/N-ethyl adjacent to an activating group) is 1. The average Bonchev–Trinajstić information content (AvgIpc) is 3.75. The SMILES string of the molecule is CCCCC(NC(=O)C1C2CC(C3CC32)N1C(=O)C(NC(=O)OC(C)(C)C)C1CCCCC1)C(=O)C(=O)NCC(=O)NC(C(=O)N(C)C)c1ccccc1. The summed E-state index contributed by atoms with van der Waals surface area (Å²) in [7, 11) is 3.14. The predicted octanol–water partition coefficient (Wildman–Crippen LogP) is 3.00. The van der Waals surface area contributed by atoms with Crippen LogP contribution >= 0.6 is 0 Å². The van der Waals surface area contributed by atoms with E-state index in [4.69, 9.17) is 4.74 Å². The Balaban J connectivity index is 1.27. The molecule has 5 rings (SSSR count). The van der Waals surface area contributed by atoms with Crippen LogP contribution in [0.4, 0.5) is 4.79 Å². The third-order valence-corrected chi connectivity index (χ3v) is 11.3. The lowest BCUT2D eigenvalue weighted by Gasteiger charge is -2.39. The van der Waals surface area contributed by atoms with E-state index < -0.39 is 65.9 Å². The van der Waals surface area contributed by atoms with Crippen molar-refractivity contribution >= 4 is 41.4 Å². The molecule has 1 aliphatic heterocycles. The van der Waals surface area contributed by atoms with Crippen molar-refractivity contribution in [3.05, 3.63) is 35.9 Å². The number of nitrogens with zero attached hydrogens (tertiary/aromatic N) is 2. The summed E-state index contributed by atoms with van der Waals surface area (Å²) in [6, 6.07) is 4.69. The fourth-order valence-electron chi connectivity index (χ4n) is 8.70. The summed E-state index contributed by atoms with van der Waals surface area (Å²) in [5.74, 6) is -3.32. The zero-order chi connectivity index (χ0) is 39.3. The molecule has 0 spiro atoms. The summed E-state index contributed by atoms with van der Waals surface area (Å²) in [5.41, 5.74) is -0.197. The molecule has 6 amide bonds. The van der Waals surface area contributed by atoms with E-state index in [1.165, 1.54) is 4.90 Å². The number of benzene rings is 1. The van der Waals surface area contributed by atoms with Gasteiger partial charge in [0.2, 0.25) is 29.4 Å². The van der Waals surface area contributed by atoms with Gasteiger partial charge in [0, 0.05) is 20.1 Å². The van der Waals surface area contributed by atoms with Crippen LogP contribution in [0.5, 0.6) is 0 Å². The van der Waals surface area contributed by atoms with Crippen molar-refractivity contribution in [2.45, 2.75) is 128 Å². The van der Waals surface area contributed by atoms with Gasteiger partial charge in [-0.3, -0.25) is 28.8 Å². The second kappa shape index (κ2) is 17.3. The van der Waals surface area contributed by atoms with Gasteiger partial charge in [0.25, 0.3) is 5.91 Å². The number of hydrogen-bond donors (Lipinski definition) is 4. The number of amides is 6. The topological polar surface area (TPSA) is 183 Å². The maximum absolute atomic E-state index is 14.6. The van der Waals surface area contributed by atoms with Gasteiger partial charge in [0.1, 0.15) is 23.7 Å². The number of alkyl carbamates (subject to hydrolysis) is 1. The molecule has 4 N–H and O–H groups in total. The van der Waals surface area contributed by atoms with Gasteiger partial charge >= 0.3 is 6.09 Å². The lowest BCUT2D eigenvalue weighted by molar-refractivity contribution is -0.147. The van der Waals surface area contributed by atoms with Crippen molar-refractivity contribution in [1.29, 1.82) is 0 Å². The normalized spacial score (nSPS) is 24.6. The first kappa shape index (κ1) is 40.7. The van der Waals surface area contributed by atoms with Gasteiger partial charge in [-0.05, 0) is 82.1 Å². The van der Waals surface area contributed by atoms with Crippen LogP contribution < -0.4 is 21.3 Å². The fourth-order valence-corrected chi connectivity index (χ4v) is 8.70. The van der Waals surface area contributed by atoms with Crippen LogP contribution in [0.1, 0.15) is 104 Å². The van der Waals surface area contributed by atoms with Crippen LogP contribution in [0, 0.1) is 23.7 Å². The van der Waals surface area contributed by atoms with Gasteiger partial charge in [-0.15, -0.1) is 0 Å². The molecule has 8 unspecified atom stereocenters. The Kier molecular flexibility index (Phi) is 13.1. The van der Waals surface area contributed by atoms with Crippen LogP contribution in [0.15, 0.2) is 30.3 Å². The van der Waals surface area contributed by atoms with Gasteiger partial charge in [-0.1, -0.05) is 69.4 Å². The molecule has 1 heterocycles. The minimum Gasteiger partial charge on any atom is -0.444 e. The molecule has 14 nitrogen and oxygen atoms in total. The van der Waals surface area contributed by atoms with Gasteiger partial charge in [-0.25, -0.2) is 4.79 Å². The Hall–Kier alpha value is -4.49. The van der Waals surface area contributed by atoms with E-state index in [0.29, 0.717) is 36.7 Å². The molecule has 4 fully saturated rings. The number of fused-ring (bicyclic) bond motifs is 5. The quantitative estimate of drug-likeness (QED) is 0.197. The maximum Gasteiger partial charge on any atom is 0.408 e. The number of hydrogen-bond acceptors (Lipinski definition) is 8. The largest absolute Gasteiger partial charge is 0.444 e. The maximum atomic E-state index is 14.6. The minimum absolute atomic E-state index is 0.0839. The third-order valence-electron chi connectivity index (χ3n) is 11.3. The molecule has 296 valence electrons. The van der Waals surface area contributed by atoms with Gasteiger partial charge < -0.3 is 35.8 Å². The predicted molar refractivity (Wildman–Crippen MR) is 199 cm³/mol. The van der Waals surface area contributed by atoms with Crippen LogP contribution in [0.25, 0.3) is 0 Å². The monoisotopic (exact) mass is 750 g/mol. The first-order chi connectivity index (χ1) is 25.6. The number of carbonyl (C=O) groups is 7. The first-order valence-corrected chi connectivity index (χ1v) is 19.6. The van der Waals surface area contributed by atoms with Crippen molar-refractivity contribution in [2.24, 2.45) is 23.7 Å². The summed E-state index contributed by atoms with van der Waals surface area (Å²) in [6.45, 7) is 6.65. The molecule has 3 aliphatic carbocycles. The van der Waals surface area contributed by atoms with E-state index in [9.17, 15) is 33.6 Å². The Labute approximate surface area is 318 Å². The van der Waals surface area contributed by atoms with E-state index in [1.807, 2.05) is 6.92 Å². The van der Waals surface area contributed by atoms with E-state index in [1.54, 1.807) is 70.1 Å². The molecule has 8 atom stereocenters. The fraction of sp³-hybridized carbons (Fsp3) is 0.675. The smallest absolute Gasteiger partial charge is 0.408 e. The molecule has 4 aliphatic rings. The number of Topliss-reactive ketones (excluding diaryl/α,β-unsaturated/α-hetero) is 1. The van der Waals surface area contributed by atoms with Crippen molar-refractivity contribution in [3.63, 3.8) is 0 Å². The van der Waals surface area contributed by atoms with Gasteiger partial charge in [0.15, 0.2) is 0 Å². The molecular formula is C40H58N6O8.